The lowest BCUT2D eigenvalue weighted by Crippen LogP contribution is -2.26. The smallest absolute Gasteiger partial charge is 0.269 e. The number of methoxy groups -OCH3 is 2. The lowest BCUT2D eigenvalue weighted by Gasteiger charge is -2.18. The molecule has 1 aromatic carbocycles. The number of aryl methyl sites for hydroxylation is 1. The van der Waals surface area contributed by atoms with Crippen LogP contribution in [0.25, 0.3) is 0 Å². The van der Waals surface area contributed by atoms with Crippen LogP contribution in [0.15, 0.2) is 28.5 Å². The van der Waals surface area contributed by atoms with Gasteiger partial charge < -0.3 is 9.47 Å². The predicted octanol–water partition coefficient (Wildman–Crippen LogP) is 2.29. The lowest BCUT2D eigenvalue weighted by molar-refractivity contribution is 0.386. The van der Waals surface area contributed by atoms with Crippen LogP contribution in [-0.4, -0.2) is 34.7 Å². The monoisotopic (exact) mass is 328 g/mol. The molecule has 0 bridgehead atoms. The molecule has 8 heteroatoms. The zero-order valence-corrected chi connectivity index (χ0v) is 13.8. The summed E-state index contributed by atoms with van der Waals surface area (Å²) in [6.45, 7) is 1.81. The van der Waals surface area contributed by atoms with Crippen molar-refractivity contribution < 1.29 is 17.9 Å². The van der Waals surface area contributed by atoms with Crippen LogP contribution in [-0.2, 0) is 10.0 Å². The lowest BCUT2D eigenvalue weighted by atomic mass is 10.3. The number of benzene rings is 1. The first-order valence-corrected chi connectivity index (χ1v) is 8.35. The van der Waals surface area contributed by atoms with Crippen LogP contribution >= 0.6 is 11.3 Å². The molecule has 0 fully saturated rings. The van der Waals surface area contributed by atoms with Gasteiger partial charge in [-0.2, -0.15) is 0 Å². The highest BCUT2D eigenvalue weighted by Gasteiger charge is 2.27. The van der Waals surface area contributed by atoms with E-state index in [0.717, 1.165) is 10.00 Å². The average Bonchev–Trinajstić information content (AvgIpc) is 2.91. The van der Waals surface area contributed by atoms with E-state index in [1.54, 1.807) is 11.4 Å². The highest BCUT2D eigenvalue weighted by Crippen LogP contribution is 2.32. The van der Waals surface area contributed by atoms with E-state index >= 15 is 0 Å². The maximum absolute atomic E-state index is 12.7. The molecule has 1 heterocycles. The van der Waals surface area contributed by atoms with Crippen molar-refractivity contribution in [1.29, 1.82) is 0 Å². The van der Waals surface area contributed by atoms with Gasteiger partial charge in [-0.25, -0.2) is 17.7 Å². The molecule has 0 aliphatic heterocycles. The first-order valence-electron chi connectivity index (χ1n) is 6.03. The quantitative estimate of drug-likeness (QED) is 0.842. The summed E-state index contributed by atoms with van der Waals surface area (Å²) in [5.74, 6) is 0.757. The Morgan fingerprint density at radius 1 is 1.24 bits per heavy atom. The number of rotatable bonds is 5. The highest BCUT2D eigenvalue weighted by atomic mass is 32.2. The fourth-order valence-corrected chi connectivity index (χ4v) is 4.00. The fraction of sp³-hybridized carbons (Fsp3) is 0.308. The number of sulfonamides is 1. The van der Waals surface area contributed by atoms with Crippen molar-refractivity contribution in [3.63, 3.8) is 0 Å². The summed E-state index contributed by atoms with van der Waals surface area (Å²) in [5, 5.41) is 2.21. The molecule has 2 aromatic rings. The molecule has 6 nitrogen and oxygen atoms in total. The number of anilines is 1. The highest BCUT2D eigenvalue weighted by molar-refractivity contribution is 7.93. The second-order valence-electron chi connectivity index (χ2n) is 4.26. The van der Waals surface area contributed by atoms with Crippen LogP contribution in [0.4, 0.5) is 5.13 Å². The van der Waals surface area contributed by atoms with Crippen LogP contribution in [0.2, 0.25) is 0 Å². The summed E-state index contributed by atoms with van der Waals surface area (Å²) in [6, 6.07) is 4.58. The molecule has 0 N–H and O–H groups in total. The second-order valence-corrected chi connectivity index (χ2v) is 7.04. The summed E-state index contributed by atoms with van der Waals surface area (Å²) >= 11 is 1.27. The van der Waals surface area contributed by atoms with Crippen LogP contribution in [0, 0.1) is 6.92 Å². The molecule has 0 aliphatic carbocycles. The van der Waals surface area contributed by atoms with Crippen molar-refractivity contribution in [2.24, 2.45) is 0 Å². The van der Waals surface area contributed by atoms with Crippen LogP contribution in [0.3, 0.4) is 0 Å². The average molecular weight is 328 g/mol. The third-order valence-electron chi connectivity index (χ3n) is 2.89. The fourth-order valence-electron chi connectivity index (χ4n) is 1.72. The maximum Gasteiger partial charge on any atom is 0.269 e. The van der Waals surface area contributed by atoms with Crippen LogP contribution < -0.4 is 13.8 Å². The number of hydrogen-bond acceptors (Lipinski definition) is 6. The molecule has 0 saturated carbocycles. The molecular formula is C13H16N2O4S2. The van der Waals surface area contributed by atoms with Gasteiger partial charge in [0.2, 0.25) is 0 Å². The molecule has 21 heavy (non-hydrogen) atoms. The van der Waals surface area contributed by atoms with Crippen molar-refractivity contribution in [3.8, 4) is 11.5 Å². The van der Waals surface area contributed by atoms with E-state index in [4.69, 9.17) is 9.47 Å². The second kappa shape index (κ2) is 5.90. The SMILES string of the molecule is COc1ccc(S(=O)(=O)N(C)c2nc(C)cs2)c(OC)c1. The first-order chi connectivity index (χ1) is 9.90. The van der Waals surface area contributed by atoms with Gasteiger partial charge in [0.05, 0.1) is 19.9 Å². The predicted molar refractivity (Wildman–Crippen MR) is 82.0 cm³/mol. The molecule has 0 amide bonds. The zero-order valence-electron chi connectivity index (χ0n) is 12.2. The van der Waals surface area contributed by atoms with Gasteiger partial charge >= 0.3 is 0 Å². The Morgan fingerprint density at radius 3 is 2.48 bits per heavy atom. The van der Waals surface area contributed by atoms with Gasteiger partial charge in [-0.3, -0.25) is 0 Å². The van der Waals surface area contributed by atoms with Gasteiger partial charge in [0.1, 0.15) is 16.4 Å². The standard InChI is InChI=1S/C13H16N2O4S2/c1-9-8-20-13(14-9)15(2)21(16,17)12-6-5-10(18-3)7-11(12)19-4/h5-8H,1-4H3. The molecule has 0 radical (unpaired) electrons. The number of nitrogens with zero attached hydrogens (tertiary/aromatic N) is 2. The van der Waals surface area contributed by atoms with Gasteiger partial charge in [0, 0.05) is 18.5 Å². The van der Waals surface area contributed by atoms with Gasteiger partial charge in [-0.15, -0.1) is 11.3 Å². The minimum Gasteiger partial charge on any atom is -0.497 e. The Balaban J connectivity index is 2.48. The Labute approximate surface area is 128 Å². The Bertz CT molecular complexity index is 740. The summed E-state index contributed by atoms with van der Waals surface area (Å²) in [4.78, 5) is 4.26. The van der Waals surface area contributed by atoms with E-state index in [9.17, 15) is 8.42 Å². The number of hydrogen-bond donors (Lipinski definition) is 0. The van der Waals surface area contributed by atoms with Gasteiger partial charge in [-0.1, -0.05) is 0 Å². The molecule has 0 aliphatic rings. The molecule has 0 atom stereocenters. The minimum absolute atomic E-state index is 0.0705. The van der Waals surface area contributed by atoms with E-state index in [1.807, 2.05) is 6.92 Å². The topological polar surface area (TPSA) is 68.7 Å². The molecule has 0 spiro atoms. The Morgan fingerprint density at radius 2 is 1.95 bits per heavy atom. The maximum atomic E-state index is 12.7. The summed E-state index contributed by atoms with van der Waals surface area (Å²) in [6.07, 6.45) is 0. The Hall–Kier alpha value is -1.80. The molecule has 0 unspecified atom stereocenters. The minimum atomic E-state index is -3.75. The van der Waals surface area contributed by atoms with Gasteiger partial charge in [0.25, 0.3) is 10.0 Å². The van der Waals surface area contributed by atoms with Crippen molar-refractivity contribution >= 4 is 26.5 Å². The number of ether oxygens (including phenoxy) is 2. The first kappa shape index (κ1) is 15.6. The van der Waals surface area contributed by atoms with E-state index < -0.39 is 10.0 Å². The molecule has 114 valence electrons. The molecular weight excluding hydrogens is 312 g/mol. The molecule has 1 aromatic heterocycles. The Kier molecular flexibility index (Phi) is 4.38. The largest absolute Gasteiger partial charge is 0.497 e. The number of aromatic nitrogens is 1. The zero-order chi connectivity index (χ0) is 15.6. The van der Waals surface area contributed by atoms with Gasteiger partial charge in [0.15, 0.2) is 5.13 Å². The van der Waals surface area contributed by atoms with Crippen LogP contribution in [0.1, 0.15) is 5.69 Å². The van der Waals surface area contributed by atoms with E-state index in [1.165, 1.54) is 44.7 Å². The van der Waals surface area contributed by atoms with Crippen molar-refractivity contribution in [3.05, 3.63) is 29.3 Å². The van der Waals surface area contributed by atoms with Crippen molar-refractivity contribution in [2.75, 3.05) is 25.6 Å². The molecule has 2 rings (SSSR count). The van der Waals surface area contributed by atoms with Crippen molar-refractivity contribution in [2.45, 2.75) is 11.8 Å². The third kappa shape index (κ3) is 2.96. The van der Waals surface area contributed by atoms with Crippen LogP contribution in [0.5, 0.6) is 11.5 Å². The van der Waals surface area contributed by atoms with Gasteiger partial charge in [-0.05, 0) is 19.1 Å². The normalized spacial score (nSPS) is 11.2. The number of thiazole rings is 1. The van der Waals surface area contributed by atoms with E-state index in [2.05, 4.69) is 4.98 Å². The van der Waals surface area contributed by atoms with Crippen molar-refractivity contribution in [1.82, 2.24) is 4.98 Å². The summed E-state index contributed by atoms with van der Waals surface area (Å²) in [5.41, 5.74) is 0.777. The van der Waals surface area contributed by atoms with E-state index in [0.29, 0.717) is 10.9 Å². The summed E-state index contributed by atoms with van der Waals surface area (Å²) in [7, 11) is 0.649. The van der Waals surface area contributed by atoms with E-state index in [-0.39, 0.29) is 10.6 Å². The molecule has 0 saturated heterocycles. The third-order valence-corrected chi connectivity index (χ3v) is 5.82. The summed E-state index contributed by atoms with van der Waals surface area (Å²) < 4.78 is 36.8.